The van der Waals surface area contributed by atoms with Gasteiger partial charge in [-0.25, -0.2) is 0 Å². The van der Waals surface area contributed by atoms with Crippen molar-refractivity contribution >= 4 is 21.6 Å². The van der Waals surface area contributed by atoms with E-state index >= 15 is 0 Å². The van der Waals surface area contributed by atoms with E-state index in [2.05, 4.69) is 26.3 Å². The maximum atomic E-state index is 4.98. The summed E-state index contributed by atoms with van der Waals surface area (Å²) in [6, 6.07) is 3.97. The Morgan fingerprint density at radius 1 is 1.25 bits per heavy atom. The van der Waals surface area contributed by atoms with E-state index in [1.54, 1.807) is 0 Å². The van der Waals surface area contributed by atoms with Gasteiger partial charge in [0, 0.05) is 4.47 Å². The molecule has 12 heavy (non-hydrogen) atoms. The van der Waals surface area contributed by atoms with Crippen LogP contribution >= 0.6 is 15.9 Å². The van der Waals surface area contributed by atoms with Crippen molar-refractivity contribution in [1.82, 2.24) is 0 Å². The minimum Gasteiger partial charge on any atom is -0.305 e. The van der Waals surface area contributed by atoms with E-state index in [9.17, 15) is 0 Å². The Bertz CT molecular complexity index is 297. The van der Waals surface area contributed by atoms with Crippen LogP contribution in [0.2, 0.25) is 0 Å². The quantitative estimate of drug-likeness (QED) is 0.448. The van der Waals surface area contributed by atoms with Crippen LogP contribution in [-0.4, -0.2) is 0 Å². The molecule has 4 heteroatoms. The third-order valence-electron chi connectivity index (χ3n) is 1.61. The molecule has 0 spiro atoms. The fourth-order valence-electron chi connectivity index (χ4n) is 1.12. The monoisotopic (exact) mass is 227 g/mol. The summed E-state index contributed by atoms with van der Waals surface area (Å²) < 4.78 is 1.05. The van der Waals surface area contributed by atoms with Crippen LogP contribution in [0, 0.1) is 13.8 Å². The van der Waals surface area contributed by atoms with E-state index in [0.29, 0.717) is 0 Å². The average Bonchev–Trinajstić information content (AvgIpc) is 1.96. The summed E-state index contributed by atoms with van der Waals surface area (Å²) in [5, 5.41) is 7.10. The third-order valence-corrected chi connectivity index (χ3v) is 2.07. The molecule has 1 rings (SSSR count). The van der Waals surface area contributed by atoms with Crippen molar-refractivity contribution in [2.75, 3.05) is 0 Å². The van der Waals surface area contributed by atoms with Crippen molar-refractivity contribution in [2.24, 2.45) is 16.2 Å². The van der Waals surface area contributed by atoms with Gasteiger partial charge in [-0.2, -0.15) is 0 Å². The van der Waals surface area contributed by atoms with E-state index in [4.69, 9.17) is 5.84 Å². The van der Waals surface area contributed by atoms with Crippen LogP contribution in [0.1, 0.15) is 11.1 Å². The average molecular weight is 228 g/mol. The summed E-state index contributed by atoms with van der Waals surface area (Å²) in [6.45, 7) is 3.95. The molecular formula is C8H10BrN3. The van der Waals surface area contributed by atoms with Gasteiger partial charge in [-0.15, -0.1) is 5.11 Å². The molecule has 0 saturated carbocycles. The van der Waals surface area contributed by atoms with E-state index in [1.165, 1.54) is 0 Å². The first-order chi connectivity index (χ1) is 5.65. The number of aryl methyl sites for hydroxylation is 2. The predicted octanol–water partition coefficient (Wildman–Crippen LogP) is 3.02. The summed E-state index contributed by atoms with van der Waals surface area (Å²) in [5.41, 5.74) is 2.98. The predicted molar refractivity (Wildman–Crippen MR) is 52.3 cm³/mol. The van der Waals surface area contributed by atoms with Crippen molar-refractivity contribution in [3.05, 3.63) is 27.7 Å². The van der Waals surface area contributed by atoms with Gasteiger partial charge in [-0.1, -0.05) is 21.2 Å². The highest BCUT2D eigenvalue weighted by Gasteiger charge is 2.02. The summed E-state index contributed by atoms with van der Waals surface area (Å²) in [5.74, 6) is 4.98. The first-order valence-electron chi connectivity index (χ1n) is 3.53. The molecule has 0 amide bonds. The third kappa shape index (κ3) is 1.82. The molecule has 0 aromatic heterocycles. The van der Waals surface area contributed by atoms with Crippen LogP contribution < -0.4 is 5.84 Å². The largest absolute Gasteiger partial charge is 0.305 e. The van der Waals surface area contributed by atoms with E-state index in [0.717, 1.165) is 21.3 Å². The van der Waals surface area contributed by atoms with Gasteiger partial charge >= 0.3 is 0 Å². The van der Waals surface area contributed by atoms with Crippen molar-refractivity contribution in [2.45, 2.75) is 13.8 Å². The fraction of sp³-hybridized carbons (Fsp3) is 0.250. The van der Waals surface area contributed by atoms with Gasteiger partial charge in [0.1, 0.15) is 0 Å². The highest BCUT2D eigenvalue weighted by atomic mass is 79.9. The lowest BCUT2D eigenvalue weighted by molar-refractivity contribution is 1.05. The molecule has 0 heterocycles. The second kappa shape index (κ2) is 3.67. The molecule has 0 atom stereocenters. The molecule has 0 radical (unpaired) electrons. The molecule has 1 aromatic carbocycles. The van der Waals surface area contributed by atoms with Gasteiger partial charge in [0.2, 0.25) is 0 Å². The topological polar surface area (TPSA) is 50.7 Å². The lowest BCUT2D eigenvalue weighted by atomic mass is 10.1. The Morgan fingerprint density at radius 2 is 1.75 bits per heavy atom. The van der Waals surface area contributed by atoms with Crippen LogP contribution in [0.15, 0.2) is 26.9 Å². The zero-order valence-electron chi connectivity index (χ0n) is 7.00. The van der Waals surface area contributed by atoms with Gasteiger partial charge in [0.25, 0.3) is 0 Å². The lowest BCUT2D eigenvalue weighted by Gasteiger charge is -2.03. The zero-order chi connectivity index (χ0) is 9.14. The van der Waals surface area contributed by atoms with E-state index in [1.807, 2.05) is 26.0 Å². The fourth-order valence-corrected chi connectivity index (χ4v) is 1.81. The van der Waals surface area contributed by atoms with Crippen LogP contribution in [0.3, 0.4) is 0 Å². The summed E-state index contributed by atoms with van der Waals surface area (Å²) in [4.78, 5) is 0. The number of rotatable bonds is 1. The summed E-state index contributed by atoms with van der Waals surface area (Å²) >= 11 is 3.39. The number of hydrogen-bond acceptors (Lipinski definition) is 2. The van der Waals surface area contributed by atoms with Gasteiger partial charge in [-0.05, 0) is 37.1 Å². The molecule has 0 saturated heterocycles. The van der Waals surface area contributed by atoms with Crippen LogP contribution in [0.25, 0.3) is 0 Å². The Hall–Kier alpha value is -0.900. The maximum Gasteiger partial charge on any atom is 0.0933 e. The minimum atomic E-state index is 0.848. The number of nitrogens with zero attached hydrogens (tertiary/aromatic N) is 2. The smallest absolute Gasteiger partial charge is 0.0933 e. The molecule has 0 aliphatic heterocycles. The first kappa shape index (κ1) is 9.19. The summed E-state index contributed by atoms with van der Waals surface area (Å²) in [7, 11) is 0. The molecule has 2 N–H and O–H groups in total. The molecule has 1 aromatic rings. The van der Waals surface area contributed by atoms with Crippen molar-refractivity contribution in [3.8, 4) is 0 Å². The summed E-state index contributed by atoms with van der Waals surface area (Å²) in [6.07, 6.45) is 0. The van der Waals surface area contributed by atoms with Gasteiger partial charge < -0.3 is 5.84 Å². The second-order valence-electron chi connectivity index (χ2n) is 2.60. The van der Waals surface area contributed by atoms with Gasteiger partial charge in [0.05, 0.1) is 5.69 Å². The standard InChI is InChI=1S/C8H10BrN3/c1-5-3-7(9)4-6(2)8(5)11-12-10/h3-4H,1-2H3,(H2,10,11). The molecule has 0 bridgehead atoms. The highest BCUT2D eigenvalue weighted by Crippen LogP contribution is 2.27. The van der Waals surface area contributed by atoms with Crippen molar-refractivity contribution in [3.63, 3.8) is 0 Å². The van der Waals surface area contributed by atoms with E-state index in [-0.39, 0.29) is 0 Å². The lowest BCUT2D eigenvalue weighted by Crippen LogP contribution is -1.82. The zero-order valence-corrected chi connectivity index (χ0v) is 8.59. The van der Waals surface area contributed by atoms with Crippen LogP contribution in [-0.2, 0) is 0 Å². The maximum absolute atomic E-state index is 4.98. The van der Waals surface area contributed by atoms with Crippen molar-refractivity contribution < 1.29 is 0 Å². The Kier molecular flexibility index (Phi) is 2.81. The molecule has 0 unspecified atom stereocenters. The SMILES string of the molecule is Cc1cc(Br)cc(C)c1N=NN. The first-order valence-corrected chi connectivity index (χ1v) is 4.32. The number of hydrogen-bond donors (Lipinski definition) is 1. The Labute approximate surface area is 79.8 Å². The highest BCUT2D eigenvalue weighted by molar-refractivity contribution is 9.10. The number of nitrogens with two attached hydrogens (primary N) is 1. The second-order valence-corrected chi connectivity index (χ2v) is 3.52. The Balaban J connectivity index is 3.28. The number of benzene rings is 1. The normalized spacial score (nSPS) is 10.9. The molecule has 0 aliphatic carbocycles. The van der Waals surface area contributed by atoms with Crippen LogP contribution in [0.5, 0.6) is 0 Å². The van der Waals surface area contributed by atoms with E-state index < -0.39 is 0 Å². The molecule has 0 aliphatic rings. The molecule has 64 valence electrons. The van der Waals surface area contributed by atoms with Crippen molar-refractivity contribution in [1.29, 1.82) is 0 Å². The van der Waals surface area contributed by atoms with Gasteiger partial charge in [-0.3, -0.25) is 0 Å². The van der Waals surface area contributed by atoms with Gasteiger partial charge in [0.15, 0.2) is 0 Å². The molecule has 0 fully saturated rings. The molecule has 3 nitrogen and oxygen atoms in total. The molecular weight excluding hydrogens is 218 g/mol. The number of halogens is 1. The minimum absolute atomic E-state index is 0.848. The van der Waals surface area contributed by atoms with Crippen LogP contribution in [0.4, 0.5) is 5.69 Å². The Morgan fingerprint density at radius 3 is 2.17 bits per heavy atom.